The molecule has 0 bridgehead atoms. The SMILES string of the molecule is O=C1CCC(N2Cc3cc(NC(=O)OCC(Cl)(Cl)Cl)ccc3C2=O)C(=O)N1. The highest BCUT2D eigenvalue weighted by Gasteiger charge is 2.39. The van der Waals surface area contributed by atoms with Gasteiger partial charge in [0.15, 0.2) is 0 Å². The van der Waals surface area contributed by atoms with E-state index in [1.54, 1.807) is 12.1 Å². The third-order valence-corrected chi connectivity index (χ3v) is 4.46. The number of hydrogen-bond donors (Lipinski definition) is 2. The summed E-state index contributed by atoms with van der Waals surface area (Å²) in [5.41, 5.74) is 1.46. The zero-order chi connectivity index (χ0) is 19.8. The summed E-state index contributed by atoms with van der Waals surface area (Å²) in [6.07, 6.45) is -0.357. The molecule has 1 aromatic carbocycles. The number of anilines is 1. The van der Waals surface area contributed by atoms with Gasteiger partial charge in [-0.2, -0.15) is 0 Å². The van der Waals surface area contributed by atoms with Crippen LogP contribution in [0.25, 0.3) is 0 Å². The van der Waals surface area contributed by atoms with Crippen LogP contribution in [0, 0.1) is 0 Å². The number of rotatable bonds is 3. The Hall–Kier alpha value is -2.03. The molecule has 2 aliphatic heterocycles. The summed E-state index contributed by atoms with van der Waals surface area (Å²) >= 11 is 16.5. The lowest BCUT2D eigenvalue weighted by molar-refractivity contribution is -0.136. The molecule has 1 atom stereocenters. The molecule has 144 valence electrons. The third kappa shape index (κ3) is 4.63. The highest BCUT2D eigenvalue weighted by atomic mass is 35.6. The fourth-order valence-electron chi connectivity index (χ4n) is 2.95. The number of alkyl halides is 3. The van der Waals surface area contributed by atoms with E-state index in [-0.39, 0.29) is 31.2 Å². The Morgan fingerprint density at radius 3 is 2.70 bits per heavy atom. The van der Waals surface area contributed by atoms with Crippen LogP contribution in [0.2, 0.25) is 0 Å². The van der Waals surface area contributed by atoms with E-state index in [1.807, 2.05) is 0 Å². The summed E-state index contributed by atoms with van der Waals surface area (Å²) in [6.45, 7) is -0.227. The van der Waals surface area contributed by atoms with Gasteiger partial charge in [0.05, 0.1) is 0 Å². The topological polar surface area (TPSA) is 105 Å². The molecule has 2 aliphatic rings. The zero-order valence-electron chi connectivity index (χ0n) is 13.8. The molecule has 0 radical (unpaired) electrons. The van der Waals surface area contributed by atoms with E-state index in [0.717, 1.165) is 0 Å². The van der Waals surface area contributed by atoms with Gasteiger partial charge >= 0.3 is 6.09 Å². The van der Waals surface area contributed by atoms with Crippen molar-refractivity contribution in [1.82, 2.24) is 10.2 Å². The number of hydrogen-bond acceptors (Lipinski definition) is 5. The fraction of sp³-hybridized carbons (Fsp3) is 0.375. The molecule has 4 amide bonds. The van der Waals surface area contributed by atoms with E-state index in [2.05, 4.69) is 10.6 Å². The van der Waals surface area contributed by atoms with Crippen molar-refractivity contribution in [1.29, 1.82) is 0 Å². The molecule has 1 aromatic rings. The monoisotopic (exact) mass is 433 g/mol. The number of nitrogens with one attached hydrogen (secondary N) is 2. The highest BCUT2D eigenvalue weighted by molar-refractivity contribution is 6.67. The summed E-state index contributed by atoms with van der Waals surface area (Å²) in [6, 6.07) is 3.98. The maximum atomic E-state index is 12.6. The number of amides is 4. The van der Waals surface area contributed by atoms with Gasteiger partial charge in [0.1, 0.15) is 12.6 Å². The number of halogens is 3. The van der Waals surface area contributed by atoms with Crippen LogP contribution in [0.5, 0.6) is 0 Å². The van der Waals surface area contributed by atoms with Crippen molar-refractivity contribution in [3.8, 4) is 0 Å². The molecule has 0 saturated carbocycles. The van der Waals surface area contributed by atoms with Crippen molar-refractivity contribution in [2.75, 3.05) is 11.9 Å². The number of ether oxygens (including phenoxy) is 1. The molecule has 27 heavy (non-hydrogen) atoms. The Morgan fingerprint density at radius 2 is 2.04 bits per heavy atom. The van der Waals surface area contributed by atoms with Gasteiger partial charge in [-0.1, -0.05) is 34.8 Å². The predicted octanol–water partition coefficient (Wildman–Crippen LogP) is 2.37. The molecular formula is C16H14Cl3N3O5. The molecule has 1 saturated heterocycles. The fourth-order valence-corrected chi connectivity index (χ4v) is 3.12. The van der Waals surface area contributed by atoms with Crippen LogP contribution in [0.4, 0.5) is 10.5 Å². The second-order valence-corrected chi connectivity index (χ2v) is 8.60. The Bertz CT molecular complexity index is 824. The molecule has 0 spiro atoms. The number of benzene rings is 1. The van der Waals surface area contributed by atoms with Crippen LogP contribution < -0.4 is 10.6 Å². The smallest absolute Gasteiger partial charge is 0.411 e. The summed E-state index contributed by atoms with van der Waals surface area (Å²) in [5, 5.41) is 4.72. The first-order valence-electron chi connectivity index (χ1n) is 7.92. The summed E-state index contributed by atoms with van der Waals surface area (Å²) in [5.74, 6) is -1.13. The van der Waals surface area contributed by atoms with Crippen molar-refractivity contribution in [3.05, 3.63) is 29.3 Å². The van der Waals surface area contributed by atoms with Crippen molar-refractivity contribution in [2.45, 2.75) is 29.2 Å². The molecule has 3 rings (SSSR count). The predicted molar refractivity (Wildman–Crippen MR) is 97.7 cm³/mol. The number of fused-ring (bicyclic) bond motifs is 1. The van der Waals surface area contributed by atoms with Gasteiger partial charge in [-0.05, 0) is 30.2 Å². The third-order valence-electron chi connectivity index (χ3n) is 4.14. The van der Waals surface area contributed by atoms with Crippen LogP contribution >= 0.6 is 34.8 Å². The van der Waals surface area contributed by atoms with Gasteiger partial charge in [0, 0.05) is 24.2 Å². The lowest BCUT2D eigenvalue weighted by atomic mass is 10.0. The summed E-state index contributed by atoms with van der Waals surface area (Å²) in [4.78, 5) is 49.0. The van der Waals surface area contributed by atoms with E-state index in [0.29, 0.717) is 16.8 Å². The minimum atomic E-state index is -1.72. The summed E-state index contributed by atoms with van der Waals surface area (Å²) in [7, 11) is 0. The van der Waals surface area contributed by atoms with Crippen LogP contribution in [0.3, 0.4) is 0 Å². The minimum absolute atomic E-state index is 0.179. The Morgan fingerprint density at radius 1 is 1.30 bits per heavy atom. The highest BCUT2D eigenvalue weighted by Crippen LogP contribution is 2.30. The van der Waals surface area contributed by atoms with Crippen LogP contribution in [0.1, 0.15) is 28.8 Å². The first-order chi connectivity index (χ1) is 12.6. The second-order valence-electron chi connectivity index (χ2n) is 6.09. The Kier molecular flexibility index (Phi) is 5.50. The van der Waals surface area contributed by atoms with E-state index in [1.165, 1.54) is 11.0 Å². The first kappa shape index (κ1) is 19.7. The quantitative estimate of drug-likeness (QED) is 0.561. The standard InChI is InChI=1S/C16H14Cl3N3O5/c17-16(18,19)7-27-15(26)20-9-1-2-10-8(5-9)6-22(14(10)25)11-3-4-12(23)21-13(11)24/h1-2,5,11H,3-4,6-7H2,(H,20,26)(H,21,23,24). The van der Waals surface area contributed by atoms with Gasteiger partial charge in [0.25, 0.3) is 5.91 Å². The molecule has 8 nitrogen and oxygen atoms in total. The Labute approximate surface area is 169 Å². The first-order valence-corrected chi connectivity index (χ1v) is 9.05. The van der Waals surface area contributed by atoms with Crippen LogP contribution in [-0.2, 0) is 20.9 Å². The molecule has 0 aromatic heterocycles. The molecule has 11 heteroatoms. The zero-order valence-corrected chi connectivity index (χ0v) is 16.0. The number of carbonyl (C=O) groups is 4. The lowest BCUT2D eigenvalue weighted by Gasteiger charge is -2.29. The average molecular weight is 435 g/mol. The molecule has 2 N–H and O–H groups in total. The maximum absolute atomic E-state index is 12.6. The normalized spacial score (nSPS) is 19.6. The summed E-state index contributed by atoms with van der Waals surface area (Å²) < 4.78 is 3.07. The van der Waals surface area contributed by atoms with Gasteiger partial charge in [-0.15, -0.1) is 0 Å². The maximum Gasteiger partial charge on any atom is 0.411 e. The van der Waals surface area contributed by atoms with Crippen molar-refractivity contribution in [3.63, 3.8) is 0 Å². The molecule has 1 unspecified atom stereocenters. The van der Waals surface area contributed by atoms with Crippen LogP contribution in [-0.4, -0.2) is 45.2 Å². The van der Waals surface area contributed by atoms with Crippen molar-refractivity contribution in [2.24, 2.45) is 0 Å². The number of imide groups is 1. The molecule has 1 fully saturated rings. The number of carbonyl (C=O) groups excluding carboxylic acids is 4. The van der Waals surface area contributed by atoms with Gasteiger partial charge < -0.3 is 9.64 Å². The lowest BCUT2D eigenvalue weighted by Crippen LogP contribution is -2.52. The average Bonchev–Trinajstić information content (AvgIpc) is 2.89. The molecule has 2 heterocycles. The van der Waals surface area contributed by atoms with Crippen molar-refractivity contribution < 1.29 is 23.9 Å². The Balaban J connectivity index is 1.68. The second kappa shape index (κ2) is 7.53. The number of nitrogens with zero attached hydrogens (tertiary/aromatic N) is 1. The number of piperidine rings is 1. The minimum Gasteiger partial charge on any atom is -0.445 e. The van der Waals surface area contributed by atoms with Crippen molar-refractivity contribution >= 4 is 64.3 Å². The van der Waals surface area contributed by atoms with E-state index < -0.39 is 28.4 Å². The van der Waals surface area contributed by atoms with E-state index in [9.17, 15) is 19.2 Å². The van der Waals surface area contributed by atoms with Gasteiger partial charge in [-0.25, -0.2) is 4.79 Å². The molecule has 0 aliphatic carbocycles. The van der Waals surface area contributed by atoms with E-state index in [4.69, 9.17) is 39.5 Å². The van der Waals surface area contributed by atoms with Gasteiger partial charge in [-0.3, -0.25) is 25.0 Å². The van der Waals surface area contributed by atoms with Crippen LogP contribution in [0.15, 0.2) is 18.2 Å². The largest absolute Gasteiger partial charge is 0.445 e. The van der Waals surface area contributed by atoms with E-state index >= 15 is 0 Å². The van der Waals surface area contributed by atoms with Gasteiger partial charge in [0.2, 0.25) is 15.6 Å². The molecular weight excluding hydrogens is 421 g/mol.